The van der Waals surface area contributed by atoms with Crippen molar-refractivity contribution in [3.63, 3.8) is 0 Å². The molecule has 0 radical (unpaired) electrons. The Hall–Kier alpha value is -1.55. The van der Waals surface area contributed by atoms with Crippen LogP contribution in [-0.2, 0) is 17.8 Å². The van der Waals surface area contributed by atoms with Crippen LogP contribution in [0.3, 0.4) is 0 Å². The number of benzene rings is 1. The molecule has 2 rings (SSSR count). The Bertz CT molecular complexity index is 395. The molecule has 19 heavy (non-hydrogen) atoms. The molecule has 4 heteroatoms. The van der Waals surface area contributed by atoms with Crippen LogP contribution in [-0.4, -0.2) is 30.7 Å². The summed E-state index contributed by atoms with van der Waals surface area (Å²) in [6.07, 6.45) is 2.22. The zero-order chi connectivity index (χ0) is 13.5. The molecule has 0 unspecified atom stereocenters. The number of urea groups is 1. The van der Waals surface area contributed by atoms with Gasteiger partial charge in [0.05, 0.1) is 6.61 Å². The van der Waals surface area contributed by atoms with Crippen molar-refractivity contribution in [2.75, 3.05) is 19.8 Å². The average Bonchev–Trinajstić information content (AvgIpc) is 2.86. The zero-order valence-corrected chi connectivity index (χ0v) is 11.5. The Morgan fingerprint density at radius 1 is 1.26 bits per heavy atom. The molecule has 0 bridgehead atoms. The van der Waals surface area contributed by atoms with Gasteiger partial charge in [-0.25, -0.2) is 4.79 Å². The number of carbonyl (C=O) groups excluding carboxylic acids is 1. The molecule has 0 aliphatic carbocycles. The maximum Gasteiger partial charge on any atom is 0.318 e. The topological polar surface area (TPSA) is 41.6 Å². The van der Waals surface area contributed by atoms with Gasteiger partial charge in [-0.3, -0.25) is 0 Å². The number of rotatable bonds is 6. The van der Waals surface area contributed by atoms with Crippen LogP contribution >= 0.6 is 0 Å². The van der Waals surface area contributed by atoms with Crippen molar-refractivity contribution >= 4 is 6.03 Å². The summed E-state index contributed by atoms with van der Waals surface area (Å²) >= 11 is 0. The Kier molecular flexibility index (Phi) is 5.21. The maximum absolute atomic E-state index is 12.0. The predicted molar refractivity (Wildman–Crippen MR) is 74.8 cm³/mol. The van der Waals surface area contributed by atoms with E-state index in [-0.39, 0.29) is 6.03 Å². The molecule has 1 aromatic rings. The summed E-state index contributed by atoms with van der Waals surface area (Å²) in [6, 6.07) is 8.19. The number of unbranched alkanes of at least 4 members (excludes halogenated alkanes) is 1. The van der Waals surface area contributed by atoms with Gasteiger partial charge < -0.3 is 15.0 Å². The fourth-order valence-electron chi connectivity index (χ4n) is 2.17. The summed E-state index contributed by atoms with van der Waals surface area (Å²) in [7, 11) is 0. The molecule has 2 amide bonds. The van der Waals surface area contributed by atoms with Crippen molar-refractivity contribution < 1.29 is 9.53 Å². The molecule has 1 N–H and O–H groups in total. The Balaban J connectivity index is 1.66. The van der Waals surface area contributed by atoms with Crippen molar-refractivity contribution in [3.05, 3.63) is 35.4 Å². The quantitative estimate of drug-likeness (QED) is 0.800. The van der Waals surface area contributed by atoms with Crippen LogP contribution in [0.1, 0.15) is 30.9 Å². The van der Waals surface area contributed by atoms with E-state index in [4.69, 9.17) is 4.74 Å². The first-order valence-corrected chi connectivity index (χ1v) is 6.98. The lowest BCUT2D eigenvalue weighted by Crippen LogP contribution is -2.38. The molecule has 1 heterocycles. The Morgan fingerprint density at radius 3 is 2.58 bits per heavy atom. The van der Waals surface area contributed by atoms with Gasteiger partial charge in [-0.15, -0.1) is 0 Å². The lowest BCUT2D eigenvalue weighted by Gasteiger charge is -2.16. The molecule has 0 saturated carbocycles. The van der Waals surface area contributed by atoms with Crippen molar-refractivity contribution in [3.8, 4) is 0 Å². The minimum absolute atomic E-state index is 0.00436. The second-order valence-corrected chi connectivity index (χ2v) is 4.82. The molecule has 4 nitrogen and oxygen atoms in total. The van der Waals surface area contributed by atoms with Crippen LogP contribution in [0.15, 0.2) is 24.3 Å². The monoisotopic (exact) mass is 262 g/mol. The van der Waals surface area contributed by atoms with Gasteiger partial charge in [0.2, 0.25) is 0 Å². The van der Waals surface area contributed by atoms with Crippen LogP contribution in [0.4, 0.5) is 4.79 Å². The van der Waals surface area contributed by atoms with Gasteiger partial charge in [0.25, 0.3) is 0 Å². The number of hydrogen-bond donors (Lipinski definition) is 1. The van der Waals surface area contributed by atoms with Crippen LogP contribution in [0.25, 0.3) is 0 Å². The summed E-state index contributed by atoms with van der Waals surface area (Å²) in [5.41, 5.74) is 2.49. The van der Waals surface area contributed by atoms with Crippen LogP contribution in [0.2, 0.25) is 0 Å². The summed E-state index contributed by atoms with van der Waals surface area (Å²) in [5.74, 6) is 0. The molecule has 0 fully saturated rings. The number of ether oxygens (including phenoxy) is 1. The van der Waals surface area contributed by atoms with Gasteiger partial charge in [0.15, 0.2) is 0 Å². The second kappa shape index (κ2) is 7.14. The van der Waals surface area contributed by atoms with E-state index in [2.05, 4.69) is 24.4 Å². The van der Waals surface area contributed by atoms with Crippen molar-refractivity contribution in [1.29, 1.82) is 0 Å². The maximum atomic E-state index is 12.0. The van der Waals surface area contributed by atoms with Crippen molar-refractivity contribution in [2.45, 2.75) is 32.9 Å². The molecule has 0 atom stereocenters. The van der Waals surface area contributed by atoms with E-state index in [0.717, 1.165) is 19.4 Å². The number of fused-ring (bicyclic) bond motifs is 1. The highest BCUT2D eigenvalue weighted by Gasteiger charge is 2.22. The van der Waals surface area contributed by atoms with Crippen molar-refractivity contribution in [2.24, 2.45) is 0 Å². The first-order valence-electron chi connectivity index (χ1n) is 6.98. The first-order chi connectivity index (χ1) is 9.31. The smallest absolute Gasteiger partial charge is 0.318 e. The highest BCUT2D eigenvalue weighted by atomic mass is 16.5. The lowest BCUT2D eigenvalue weighted by atomic mass is 10.1. The Morgan fingerprint density at radius 2 is 1.95 bits per heavy atom. The van der Waals surface area contributed by atoms with E-state index >= 15 is 0 Å². The van der Waals surface area contributed by atoms with Gasteiger partial charge in [-0.05, 0) is 17.5 Å². The number of hydrogen-bond acceptors (Lipinski definition) is 2. The van der Waals surface area contributed by atoms with Crippen LogP contribution < -0.4 is 5.32 Å². The number of amides is 2. The summed E-state index contributed by atoms with van der Waals surface area (Å²) in [6.45, 7) is 5.50. The molecule has 1 aliphatic heterocycles. The zero-order valence-electron chi connectivity index (χ0n) is 11.5. The first kappa shape index (κ1) is 13.9. The summed E-state index contributed by atoms with van der Waals surface area (Å²) in [4.78, 5) is 13.8. The van der Waals surface area contributed by atoms with E-state index in [9.17, 15) is 4.79 Å². The predicted octanol–water partition coefficient (Wildman–Crippen LogP) is 2.53. The SMILES string of the molecule is CCCCOCCNC(=O)N1Cc2ccccc2C1. The van der Waals surface area contributed by atoms with E-state index in [1.54, 1.807) is 0 Å². The number of nitrogens with one attached hydrogen (secondary N) is 1. The highest BCUT2D eigenvalue weighted by Crippen LogP contribution is 2.21. The van der Waals surface area contributed by atoms with E-state index in [0.29, 0.717) is 26.2 Å². The van der Waals surface area contributed by atoms with E-state index < -0.39 is 0 Å². The minimum atomic E-state index is -0.00436. The molecule has 0 saturated heterocycles. The molecule has 0 aromatic heterocycles. The minimum Gasteiger partial charge on any atom is -0.380 e. The fourth-order valence-corrected chi connectivity index (χ4v) is 2.17. The molecule has 0 spiro atoms. The molecular weight excluding hydrogens is 240 g/mol. The van der Waals surface area contributed by atoms with Gasteiger partial charge in [-0.2, -0.15) is 0 Å². The molecular formula is C15H22N2O2. The molecule has 1 aliphatic rings. The molecule has 1 aromatic carbocycles. The van der Waals surface area contributed by atoms with Gasteiger partial charge in [0.1, 0.15) is 0 Å². The summed E-state index contributed by atoms with van der Waals surface area (Å²) < 4.78 is 5.42. The molecule has 104 valence electrons. The van der Waals surface area contributed by atoms with Crippen molar-refractivity contribution in [1.82, 2.24) is 10.2 Å². The van der Waals surface area contributed by atoms with Gasteiger partial charge >= 0.3 is 6.03 Å². The standard InChI is InChI=1S/C15H22N2O2/c1-2-3-9-19-10-8-16-15(18)17-11-13-6-4-5-7-14(13)12-17/h4-7H,2-3,8-12H2,1H3,(H,16,18). The highest BCUT2D eigenvalue weighted by molar-refractivity contribution is 5.75. The number of nitrogens with zero attached hydrogens (tertiary/aromatic N) is 1. The third-order valence-corrected chi connectivity index (χ3v) is 3.29. The fraction of sp³-hybridized carbons (Fsp3) is 0.533. The van der Waals surface area contributed by atoms with Crippen LogP contribution in [0.5, 0.6) is 0 Å². The Labute approximate surface area is 114 Å². The van der Waals surface area contributed by atoms with Crippen LogP contribution in [0, 0.1) is 0 Å². The van der Waals surface area contributed by atoms with E-state index in [1.807, 2.05) is 17.0 Å². The van der Waals surface area contributed by atoms with Gasteiger partial charge in [-0.1, -0.05) is 37.6 Å². The van der Waals surface area contributed by atoms with Gasteiger partial charge in [0, 0.05) is 26.2 Å². The number of carbonyl (C=O) groups is 1. The average molecular weight is 262 g/mol. The third kappa shape index (κ3) is 3.96. The largest absolute Gasteiger partial charge is 0.380 e. The normalized spacial score (nSPS) is 13.4. The summed E-state index contributed by atoms with van der Waals surface area (Å²) in [5, 5.41) is 2.90. The lowest BCUT2D eigenvalue weighted by molar-refractivity contribution is 0.131. The second-order valence-electron chi connectivity index (χ2n) is 4.82. The van der Waals surface area contributed by atoms with E-state index in [1.165, 1.54) is 11.1 Å². The third-order valence-electron chi connectivity index (χ3n) is 3.29.